The molecule has 0 saturated carbocycles. The third kappa shape index (κ3) is 31.9. The fraction of sp³-hybridized carbons (Fsp3) is 0.974. The van der Waals surface area contributed by atoms with E-state index in [-0.39, 0.29) is 0 Å². The highest BCUT2D eigenvalue weighted by Crippen LogP contribution is 2.23. The molecular formula is C38H75N. The summed E-state index contributed by atoms with van der Waals surface area (Å²) in [6.45, 7) is 9.81. The van der Waals surface area contributed by atoms with Gasteiger partial charge in [0.05, 0.1) is 6.07 Å². The molecule has 1 nitrogen and oxygen atoms in total. The summed E-state index contributed by atoms with van der Waals surface area (Å²) in [5.74, 6) is 2.81. The first-order valence-electron chi connectivity index (χ1n) is 18.5. The molecule has 0 aromatic heterocycles. The van der Waals surface area contributed by atoms with Crippen LogP contribution in [-0.4, -0.2) is 0 Å². The van der Waals surface area contributed by atoms with E-state index < -0.39 is 0 Å². The van der Waals surface area contributed by atoms with Gasteiger partial charge in [-0.2, -0.15) is 5.26 Å². The zero-order chi connectivity index (χ0) is 28.7. The number of nitrogens with zero attached hydrogens (tertiary/aromatic N) is 1. The summed E-state index contributed by atoms with van der Waals surface area (Å²) in [5, 5.41) is 8.55. The van der Waals surface area contributed by atoms with Gasteiger partial charge in [-0.25, -0.2) is 0 Å². The normalized spacial score (nSPS) is 13.8. The molecule has 0 aliphatic rings. The largest absolute Gasteiger partial charge is 0.198 e. The molecule has 0 heterocycles. The van der Waals surface area contributed by atoms with Crippen LogP contribution < -0.4 is 0 Å². The Kier molecular flexibility index (Phi) is 31.6. The zero-order valence-electron chi connectivity index (χ0n) is 27.9. The Morgan fingerprint density at radius 2 is 0.615 bits per heavy atom. The zero-order valence-corrected chi connectivity index (χ0v) is 27.9. The Bertz CT molecular complexity index is 491. The highest BCUT2D eigenvalue weighted by Gasteiger charge is 2.08. The fourth-order valence-electron chi connectivity index (χ4n) is 6.33. The summed E-state index contributed by atoms with van der Waals surface area (Å²) in [4.78, 5) is 0. The van der Waals surface area contributed by atoms with Gasteiger partial charge in [-0.05, 0) is 24.2 Å². The average molecular weight is 546 g/mol. The third-order valence-corrected chi connectivity index (χ3v) is 9.32. The van der Waals surface area contributed by atoms with Crippen LogP contribution in [0.3, 0.4) is 0 Å². The highest BCUT2D eigenvalue weighted by molar-refractivity contribution is 4.67. The quantitative estimate of drug-likeness (QED) is 0.0771. The van der Waals surface area contributed by atoms with Crippen LogP contribution in [0.2, 0.25) is 0 Å². The van der Waals surface area contributed by atoms with Crippen molar-refractivity contribution < 1.29 is 0 Å². The molecule has 3 atom stereocenters. The van der Waals surface area contributed by atoms with Gasteiger partial charge < -0.3 is 0 Å². The van der Waals surface area contributed by atoms with Crippen molar-refractivity contribution >= 4 is 0 Å². The molecular weight excluding hydrogens is 470 g/mol. The second kappa shape index (κ2) is 32.0. The lowest BCUT2D eigenvalue weighted by atomic mass is 9.90. The first-order valence-corrected chi connectivity index (χ1v) is 18.5. The van der Waals surface area contributed by atoms with E-state index >= 15 is 0 Å². The van der Waals surface area contributed by atoms with Crippen molar-refractivity contribution in [2.45, 2.75) is 220 Å². The SMILES string of the molecule is CCCCCCCCCCC(C)CCCC(C)CCCC(C)CCCCCCCCCCCCCCCC#N. The van der Waals surface area contributed by atoms with E-state index in [1.54, 1.807) is 0 Å². The van der Waals surface area contributed by atoms with Crippen LogP contribution in [0.1, 0.15) is 220 Å². The average Bonchev–Trinajstić information content (AvgIpc) is 2.92. The maximum atomic E-state index is 8.55. The fourth-order valence-corrected chi connectivity index (χ4v) is 6.33. The second-order valence-electron chi connectivity index (χ2n) is 13.7. The molecule has 0 amide bonds. The lowest BCUT2D eigenvalue weighted by molar-refractivity contribution is 0.373. The summed E-state index contributed by atoms with van der Waals surface area (Å²) < 4.78 is 0. The van der Waals surface area contributed by atoms with Gasteiger partial charge in [-0.1, -0.05) is 207 Å². The highest BCUT2D eigenvalue weighted by atomic mass is 14.2. The molecule has 0 N–H and O–H groups in total. The molecule has 3 unspecified atom stereocenters. The van der Waals surface area contributed by atoms with Crippen LogP contribution in [0.15, 0.2) is 0 Å². The molecule has 0 saturated heterocycles. The predicted molar refractivity (Wildman–Crippen MR) is 177 cm³/mol. The van der Waals surface area contributed by atoms with Crippen LogP contribution in [0, 0.1) is 29.1 Å². The molecule has 39 heavy (non-hydrogen) atoms. The van der Waals surface area contributed by atoms with Crippen molar-refractivity contribution in [3.05, 3.63) is 0 Å². The molecule has 232 valence electrons. The summed E-state index contributed by atoms with van der Waals surface area (Å²) in [5.41, 5.74) is 0. The van der Waals surface area contributed by atoms with E-state index in [0.717, 1.165) is 30.6 Å². The molecule has 1 heteroatoms. The Balaban J connectivity index is 3.36. The van der Waals surface area contributed by atoms with E-state index in [0.29, 0.717) is 0 Å². The van der Waals surface area contributed by atoms with E-state index in [9.17, 15) is 0 Å². The molecule has 0 spiro atoms. The number of unbranched alkanes of at least 4 members (excludes halogenated alkanes) is 20. The van der Waals surface area contributed by atoms with Crippen LogP contribution in [-0.2, 0) is 0 Å². The first-order chi connectivity index (χ1) is 19.1. The van der Waals surface area contributed by atoms with Gasteiger partial charge >= 0.3 is 0 Å². The number of rotatable bonds is 32. The molecule has 0 rings (SSSR count). The van der Waals surface area contributed by atoms with Crippen molar-refractivity contribution in [3.8, 4) is 6.07 Å². The van der Waals surface area contributed by atoms with E-state index in [4.69, 9.17) is 5.26 Å². The molecule has 0 radical (unpaired) electrons. The Morgan fingerprint density at radius 1 is 0.359 bits per heavy atom. The molecule has 0 aliphatic heterocycles. The minimum Gasteiger partial charge on any atom is -0.198 e. The van der Waals surface area contributed by atoms with Crippen molar-refractivity contribution in [1.29, 1.82) is 5.26 Å². The number of nitriles is 1. The third-order valence-electron chi connectivity index (χ3n) is 9.32. The van der Waals surface area contributed by atoms with Crippen LogP contribution in [0.5, 0.6) is 0 Å². The van der Waals surface area contributed by atoms with E-state index in [2.05, 4.69) is 33.8 Å². The molecule has 0 fully saturated rings. The standard InChI is InChI=1S/C38H75N/c1-5-6-7-8-9-18-21-24-29-36(2)31-27-33-38(4)34-28-32-37(3)30-25-22-19-16-14-12-10-11-13-15-17-20-23-26-35-39/h36-38H,5-34H2,1-4H3. The van der Waals surface area contributed by atoms with Crippen molar-refractivity contribution in [2.24, 2.45) is 17.8 Å². The Morgan fingerprint density at radius 3 is 0.923 bits per heavy atom. The number of hydrogen-bond donors (Lipinski definition) is 0. The topological polar surface area (TPSA) is 23.8 Å². The molecule has 0 aliphatic carbocycles. The second-order valence-corrected chi connectivity index (χ2v) is 13.7. The predicted octanol–water partition coefficient (Wildman–Crippen LogP) is 14.1. The molecule has 0 bridgehead atoms. The summed E-state index contributed by atoms with van der Waals surface area (Å²) in [6.07, 6.45) is 42.1. The van der Waals surface area contributed by atoms with Gasteiger partial charge in [-0.15, -0.1) is 0 Å². The van der Waals surface area contributed by atoms with E-state index in [1.807, 2.05) is 0 Å². The lowest BCUT2D eigenvalue weighted by Gasteiger charge is -2.16. The van der Waals surface area contributed by atoms with Gasteiger partial charge in [-0.3, -0.25) is 0 Å². The summed E-state index contributed by atoms with van der Waals surface area (Å²) in [6, 6.07) is 2.25. The van der Waals surface area contributed by atoms with E-state index in [1.165, 1.54) is 180 Å². The van der Waals surface area contributed by atoms with Crippen LogP contribution in [0.4, 0.5) is 0 Å². The van der Waals surface area contributed by atoms with Gasteiger partial charge in [0.15, 0.2) is 0 Å². The van der Waals surface area contributed by atoms with Gasteiger partial charge in [0, 0.05) is 6.42 Å². The summed E-state index contributed by atoms with van der Waals surface area (Å²) >= 11 is 0. The molecule has 0 aromatic rings. The minimum absolute atomic E-state index is 0.747. The lowest BCUT2D eigenvalue weighted by Crippen LogP contribution is -2.01. The maximum absolute atomic E-state index is 8.55. The van der Waals surface area contributed by atoms with Crippen molar-refractivity contribution in [3.63, 3.8) is 0 Å². The summed E-state index contributed by atoms with van der Waals surface area (Å²) in [7, 11) is 0. The number of hydrogen-bond acceptors (Lipinski definition) is 1. The monoisotopic (exact) mass is 546 g/mol. The van der Waals surface area contributed by atoms with Crippen molar-refractivity contribution in [1.82, 2.24) is 0 Å². The van der Waals surface area contributed by atoms with Crippen LogP contribution >= 0.6 is 0 Å². The minimum atomic E-state index is 0.747. The first kappa shape index (κ1) is 38.5. The Hall–Kier alpha value is -0.510. The van der Waals surface area contributed by atoms with Crippen molar-refractivity contribution in [2.75, 3.05) is 0 Å². The van der Waals surface area contributed by atoms with Gasteiger partial charge in [0.1, 0.15) is 0 Å². The van der Waals surface area contributed by atoms with Gasteiger partial charge in [0.25, 0.3) is 0 Å². The van der Waals surface area contributed by atoms with Gasteiger partial charge in [0.2, 0.25) is 0 Å². The van der Waals surface area contributed by atoms with Crippen LogP contribution in [0.25, 0.3) is 0 Å². The Labute approximate surface area is 249 Å². The smallest absolute Gasteiger partial charge is 0.0621 e. The maximum Gasteiger partial charge on any atom is 0.0621 e. The molecule has 0 aromatic carbocycles.